The van der Waals surface area contributed by atoms with Crippen molar-refractivity contribution in [2.24, 2.45) is 4.99 Å². The lowest BCUT2D eigenvalue weighted by Gasteiger charge is -1.93. The second-order valence-corrected chi connectivity index (χ2v) is 2.09. The first-order valence-corrected chi connectivity index (χ1v) is 3.63. The van der Waals surface area contributed by atoms with E-state index in [0.29, 0.717) is 0 Å². The summed E-state index contributed by atoms with van der Waals surface area (Å²) < 4.78 is 0. The normalized spacial score (nSPS) is 12.4. The average molecular weight is 137 g/mol. The lowest BCUT2D eigenvalue weighted by atomic mass is 10.2. The molecule has 0 aromatic heterocycles. The number of rotatable bonds is 4. The van der Waals surface area contributed by atoms with Crippen LogP contribution in [0, 0.1) is 0 Å². The second kappa shape index (κ2) is 6.27. The van der Waals surface area contributed by atoms with Crippen molar-refractivity contribution in [3.05, 3.63) is 23.9 Å². The van der Waals surface area contributed by atoms with E-state index >= 15 is 0 Å². The molecule has 0 aliphatic carbocycles. The lowest BCUT2D eigenvalue weighted by molar-refractivity contribution is 0.896. The molecule has 10 heavy (non-hydrogen) atoms. The summed E-state index contributed by atoms with van der Waals surface area (Å²) in [4.78, 5) is 3.88. The summed E-state index contributed by atoms with van der Waals surface area (Å²) in [5.74, 6) is 0. The number of allylic oxidation sites excluding steroid dienone is 4. The fraction of sp³-hybridized carbons (Fsp3) is 0.444. The molecule has 0 spiro atoms. The van der Waals surface area contributed by atoms with Crippen LogP contribution in [0.3, 0.4) is 0 Å². The van der Waals surface area contributed by atoms with E-state index in [1.807, 2.05) is 25.2 Å². The monoisotopic (exact) mass is 137 g/mol. The average Bonchev–Trinajstić information content (AvgIpc) is 1.98. The van der Waals surface area contributed by atoms with Gasteiger partial charge in [-0.3, -0.25) is 4.99 Å². The second-order valence-electron chi connectivity index (χ2n) is 2.09. The summed E-state index contributed by atoms with van der Waals surface area (Å²) in [7, 11) is 0. The zero-order valence-electron chi connectivity index (χ0n) is 6.80. The van der Waals surface area contributed by atoms with Gasteiger partial charge in [0.1, 0.15) is 0 Å². The standard InChI is InChI=1S/C9H15N/c1-4-6-8-9(10-3)7-5-2/h4,6,8H,3,5,7H2,1-2H3/b6-4-,9-8-. The highest BCUT2D eigenvalue weighted by atomic mass is 14.7. The molecule has 0 atom stereocenters. The van der Waals surface area contributed by atoms with Crippen LogP contribution in [0.1, 0.15) is 26.7 Å². The fourth-order valence-electron chi connectivity index (χ4n) is 0.679. The number of hydrogen-bond donors (Lipinski definition) is 0. The van der Waals surface area contributed by atoms with Gasteiger partial charge >= 0.3 is 0 Å². The van der Waals surface area contributed by atoms with Gasteiger partial charge in [-0.25, -0.2) is 0 Å². The molecule has 0 amide bonds. The van der Waals surface area contributed by atoms with Crippen LogP contribution in [0.5, 0.6) is 0 Å². The Labute approximate surface area is 63.2 Å². The number of aliphatic imine (C=N–C) groups is 1. The maximum Gasteiger partial charge on any atom is 0.0396 e. The summed E-state index contributed by atoms with van der Waals surface area (Å²) in [6.45, 7) is 7.60. The van der Waals surface area contributed by atoms with Crippen LogP contribution >= 0.6 is 0 Å². The highest BCUT2D eigenvalue weighted by molar-refractivity contribution is 5.30. The molecule has 0 unspecified atom stereocenters. The van der Waals surface area contributed by atoms with Crippen molar-refractivity contribution in [1.29, 1.82) is 0 Å². The molecule has 0 bridgehead atoms. The van der Waals surface area contributed by atoms with Crippen LogP contribution in [-0.2, 0) is 0 Å². The van der Waals surface area contributed by atoms with Gasteiger partial charge in [-0.2, -0.15) is 0 Å². The summed E-state index contributed by atoms with van der Waals surface area (Å²) in [6.07, 6.45) is 8.12. The first-order chi connectivity index (χ1) is 4.85. The van der Waals surface area contributed by atoms with Crippen molar-refractivity contribution >= 4 is 6.72 Å². The van der Waals surface area contributed by atoms with E-state index in [-0.39, 0.29) is 0 Å². The number of hydrogen-bond acceptors (Lipinski definition) is 1. The molecule has 0 aliphatic heterocycles. The fourth-order valence-corrected chi connectivity index (χ4v) is 0.679. The molecule has 1 nitrogen and oxygen atoms in total. The molecule has 0 heterocycles. The van der Waals surface area contributed by atoms with Crippen molar-refractivity contribution in [3.63, 3.8) is 0 Å². The SMILES string of the molecule is C=N/C(=C\C=C/C)CCC. The minimum atomic E-state index is 1.02. The highest BCUT2D eigenvalue weighted by Gasteiger charge is 1.86. The Morgan fingerprint density at radius 1 is 1.60 bits per heavy atom. The first kappa shape index (κ1) is 9.15. The van der Waals surface area contributed by atoms with Gasteiger partial charge in [-0.15, -0.1) is 0 Å². The van der Waals surface area contributed by atoms with E-state index in [1.165, 1.54) is 0 Å². The Bertz CT molecular complexity index is 143. The van der Waals surface area contributed by atoms with Crippen LogP contribution in [-0.4, -0.2) is 6.72 Å². The largest absolute Gasteiger partial charge is 0.269 e. The Kier molecular flexibility index (Phi) is 5.74. The molecule has 0 rings (SSSR count). The third kappa shape index (κ3) is 4.07. The summed E-state index contributed by atoms with van der Waals surface area (Å²) in [5.41, 5.74) is 1.07. The smallest absolute Gasteiger partial charge is 0.0396 e. The first-order valence-electron chi connectivity index (χ1n) is 3.63. The van der Waals surface area contributed by atoms with E-state index in [4.69, 9.17) is 0 Å². The Hall–Kier alpha value is -0.850. The molecule has 0 aromatic rings. The predicted molar refractivity (Wildman–Crippen MR) is 47.4 cm³/mol. The van der Waals surface area contributed by atoms with Crippen molar-refractivity contribution < 1.29 is 0 Å². The molecular formula is C9H15N. The molecule has 0 saturated carbocycles. The summed E-state index contributed by atoms with van der Waals surface area (Å²) in [6, 6.07) is 0. The molecule has 0 aliphatic rings. The molecule has 1 heteroatoms. The third-order valence-corrected chi connectivity index (χ3v) is 1.19. The van der Waals surface area contributed by atoms with E-state index in [1.54, 1.807) is 0 Å². The predicted octanol–water partition coefficient (Wildman–Crippen LogP) is 2.95. The van der Waals surface area contributed by atoms with E-state index in [9.17, 15) is 0 Å². The van der Waals surface area contributed by atoms with E-state index in [0.717, 1.165) is 18.5 Å². The van der Waals surface area contributed by atoms with E-state index < -0.39 is 0 Å². The number of nitrogens with zero attached hydrogens (tertiary/aromatic N) is 1. The van der Waals surface area contributed by atoms with Crippen molar-refractivity contribution in [3.8, 4) is 0 Å². The molecule has 56 valence electrons. The van der Waals surface area contributed by atoms with Crippen molar-refractivity contribution in [1.82, 2.24) is 0 Å². The molecule has 0 N–H and O–H groups in total. The van der Waals surface area contributed by atoms with Crippen molar-refractivity contribution in [2.75, 3.05) is 0 Å². The van der Waals surface area contributed by atoms with Gasteiger partial charge in [0.15, 0.2) is 0 Å². The molecule has 0 fully saturated rings. The topological polar surface area (TPSA) is 12.4 Å². The minimum absolute atomic E-state index is 1.02. The maximum absolute atomic E-state index is 3.88. The maximum atomic E-state index is 3.88. The van der Waals surface area contributed by atoms with Gasteiger partial charge < -0.3 is 0 Å². The zero-order chi connectivity index (χ0) is 7.82. The van der Waals surface area contributed by atoms with Gasteiger partial charge in [0.05, 0.1) is 0 Å². The molecular weight excluding hydrogens is 122 g/mol. The zero-order valence-corrected chi connectivity index (χ0v) is 6.80. The molecule has 0 saturated heterocycles. The van der Waals surface area contributed by atoms with Crippen LogP contribution in [0.15, 0.2) is 28.9 Å². The van der Waals surface area contributed by atoms with Crippen molar-refractivity contribution in [2.45, 2.75) is 26.7 Å². The summed E-state index contributed by atoms with van der Waals surface area (Å²) in [5, 5.41) is 0. The highest BCUT2D eigenvalue weighted by Crippen LogP contribution is 2.04. The third-order valence-electron chi connectivity index (χ3n) is 1.19. The Morgan fingerprint density at radius 3 is 2.70 bits per heavy atom. The quantitative estimate of drug-likeness (QED) is 0.417. The van der Waals surface area contributed by atoms with Gasteiger partial charge in [0, 0.05) is 5.70 Å². The Balaban J connectivity index is 3.90. The Morgan fingerprint density at radius 2 is 2.30 bits per heavy atom. The van der Waals surface area contributed by atoms with Crippen LogP contribution in [0.25, 0.3) is 0 Å². The van der Waals surface area contributed by atoms with Crippen LogP contribution in [0.4, 0.5) is 0 Å². The van der Waals surface area contributed by atoms with Crippen LogP contribution < -0.4 is 0 Å². The summed E-state index contributed by atoms with van der Waals surface area (Å²) >= 11 is 0. The van der Waals surface area contributed by atoms with Crippen LogP contribution in [0.2, 0.25) is 0 Å². The van der Waals surface area contributed by atoms with Gasteiger partial charge in [-0.1, -0.05) is 25.5 Å². The van der Waals surface area contributed by atoms with Gasteiger partial charge in [-0.05, 0) is 26.1 Å². The minimum Gasteiger partial charge on any atom is -0.269 e. The van der Waals surface area contributed by atoms with Gasteiger partial charge in [0.25, 0.3) is 0 Å². The van der Waals surface area contributed by atoms with Gasteiger partial charge in [0.2, 0.25) is 0 Å². The molecule has 0 aromatic carbocycles. The van der Waals surface area contributed by atoms with E-state index in [2.05, 4.69) is 18.6 Å². The lowest BCUT2D eigenvalue weighted by Crippen LogP contribution is -1.74. The molecule has 0 radical (unpaired) electrons.